The summed E-state index contributed by atoms with van der Waals surface area (Å²) in [5, 5.41) is 0. The molecule has 2 fully saturated rings. The summed E-state index contributed by atoms with van der Waals surface area (Å²) >= 11 is 1.92. The fraction of sp³-hybridized carbons (Fsp3) is 0.571. The monoisotopic (exact) mass is 358 g/mol. The second kappa shape index (κ2) is 7.45. The summed E-state index contributed by atoms with van der Waals surface area (Å²) in [5.41, 5.74) is 4.00. The van der Waals surface area contributed by atoms with E-state index in [1.165, 1.54) is 0 Å². The minimum absolute atomic E-state index is 0.0201. The average Bonchev–Trinajstić information content (AvgIpc) is 2.72. The minimum atomic E-state index is -0.665. The van der Waals surface area contributed by atoms with Crippen LogP contribution in [0.5, 0.6) is 0 Å². The molecule has 1 aromatic carbocycles. The number of hydrogen-bond acceptors (Lipinski definition) is 4. The molecule has 2 aliphatic rings. The van der Waals surface area contributed by atoms with Gasteiger partial charge in [-0.1, -0.05) is 17.7 Å². The topological polar surface area (TPSA) is 51.2 Å². The third-order valence-electron chi connectivity index (χ3n) is 5.50. The van der Waals surface area contributed by atoms with E-state index in [0.29, 0.717) is 12.3 Å². The summed E-state index contributed by atoms with van der Waals surface area (Å²) in [6, 6.07) is 4.05. The Kier molecular flexibility index (Phi) is 5.47. The van der Waals surface area contributed by atoms with Gasteiger partial charge in [-0.25, -0.2) is 0 Å². The molecule has 1 heterocycles. The van der Waals surface area contributed by atoms with Crippen molar-refractivity contribution in [2.45, 2.75) is 52.4 Å². The van der Waals surface area contributed by atoms with E-state index in [-0.39, 0.29) is 30.2 Å². The zero-order valence-corrected chi connectivity index (χ0v) is 16.1. The highest BCUT2D eigenvalue weighted by Gasteiger charge is 2.43. The number of carbonyl (C=O) groups is 3. The first-order valence-corrected chi connectivity index (χ1v) is 10.3. The van der Waals surface area contributed by atoms with Crippen LogP contribution in [0.25, 0.3) is 0 Å². The van der Waals surface area contributed by atoms with Crippen LogP contribution in [-0.4, -0.2) is 28.9 Å². The number of ketones is 3. The van der Waals surface area contributed by atoms with Crippen molar-refractivity contribution >= 4 is 29.1 Å². The second-order valence-electron chi connectivity index (χ2n) is 7.70. The number of rotatable bonds is 6. The van der Waals surface area contributed by atoms with Gasteiger partial charge in [0.1, 0.15) is 17.5 Å². The van der Waals surface area contributed by atoms with Crippen LogP contribution >= 0.6 is 11.8 Å². The van der Waals surface area contributed by atoms with Crippen molar-refractivity contribution in [2.24, 2.45) is 11.8 Å². The summed E-state index contributed by atoms with van der Waals surface area (Å²) in [5.74, 6) is 1.97. The van der Waals surface area contributed by atoms with Gasteiger partial charge in [0.25, 0.3) is 0 Å². The highest BCUT2D eigenvalue weighted by atomic mass is 32.2. The number of Topliss-reactive ketones (excluding diaryl/α,β-unsaturated/α-hetero) is 3. The molecule has 0 aromatic heterocycles. The van der Waals surface area contributed by atoms with Crippen molar-refractivity contribution in [1.29, 1.82) is 0 Å². The molecule has 3 rings (SSSR count). The highest BCUT2D eigenvalue weighted by molar-refractivity contribution is 8.00. The predicted molar refractivity (Wildman–Crippen MR) is 101 cm³/mol. The third-order valence-corrected chi connectivity index (χ3v) is 6.91. The van der Waals surface area contributed by atoms with Gasteiger partial charge in [-0.05, 0) is 61.3 Å². The highest BCUT2D eigenvalue weighted by Crippen LogP contribution is 2.38. The Morgan fingerprint density at radius 2 is 1.76 bits per heavy atom. The van der Waals surface area contributed by atoms with E-state index < -0.39 is 11.8 Å². The van der Waals surface area contributed by atoms with Gasteiger partial charge in [-0.2, -0.15) is 11.8 Å². The number of benzene rings is 1. The van der Waals surface area contributed by atoms with E-state index in [4.69, 9.17) is 0 Å². The van der Waals surface area contributed by atoms with Gasteiger partial charge in [0.2, 0.25) is 0 Å². The quantitative estimate of drug-likeness (QED) is 0.723. The Morgan fingerprint density at radius 3 is 2.32 bits per heavy atom. The lowest BCUT2D eigenvalue weighted by molar-refractivity contribution is -0.128. The molecule has 3 nitrogen and oxygen atoms in total. The number of hydrogen-bond donors (Lipinski definition) is 0. The number of thioether (sulfide) groups is 1. The van der Waals surface area contributed by atoms with E-state index in [0.717, 1.165) is 40.2 Å². The maximum atomic E-state index is 12.9. The Morgan fingerprint density at radius 1 is 1.12 bits per heavy atom. The lowest BCUT2D eigenvalue weighted by atomic mass is 9.86. The summed E-state index contributed by atoms with van der Waals surface area (Å²) in [6.07, 6.45) is 1.95. The predicted octanol–water partition coefficient (Wildman–Crippen LogP) is 3.96. The molecule has 0 amide bonds. The van der Waals surface area contributed by atoms with Crippen LogP contribution in [0.3, 0.4) is 0 Å². The molecule has 2 unspecified atom stereocenters. The molecule has 4 heteroatoms. The van der Waals surface area contributed by atoms with Crippen LogP contribution in [0.4, 0.5) is 0 Å². The van der Waals surface area contributed by atoms with Crippen molar-refractivity contribution in [3.8, 4) is 0 Å². The van der Waals surface area contributed by atoms with Gasteiger partial charge in [-0.15, -0.1) is 0 Å². The van der Waals surface area contributed by atoms with Crippen molar-refractivity contribution in [2.75, 3.05) is 11.5 Å². The summed E-state index contributed by atoms with van der Waals surface area (Å²) in [4.78, 5) is 37.7. The van der Waals surface area contributed by atoms with Crippen LogP contribution in [0.1, 0.15) is 53.9 Å². The van der Waals surface area contributed by atoms with E-state index in [9.17, 15) is 14.4 Å². The zero-order chi connectivity index (χ0) is 18.1. The minimum Gasteiger partial charge on any atom is -0.300 e. The molecule has 25 heavy (non-hydrogen) atoms. The maximum Gasteiger partial charge on any atom is 0.151 e. The Bertz CT molecular complexity index is 695. The standard InChI is InChI=1S/C21H26O3S/c1-12-6-13(2)19(14(3)7-12)20-18(23)9-16(21(20)24)8-17(22)5-4-15-10-25-11-15/h6-7,15-16,20H,4-5,8-11H2,1-3H3. The van der Waals surface area contributed by atoms with Gasteiger partial charge in [-0.3, -0.25) is 14.4 Å². The molecule has 0 radical (unpaired) electrons. The molecule has 1 saturated heterocycles. The van der Waals surface area contributed by atoms with Crippen LogP contribution in [0.15, 0.2) is 12.1 Å². The number of carbonyl (C=O) groups excluding carboxylic acids is 3. The molecule has 2 atom stereocenters. The summed E-state index contributed by atoms with van der Waals surface area (Å²) in [7, 11) is 0. The van der Waals surface area contributed by atoms with Crippen LogP contribution < -0.4 is 0 Å². The molecule has 1 aliphatic carbocycles. The van der Waals surface area contributed by atoms with Gasteiger partial charge in [0, 0.05) is 25.2 Å². The SMILES string of the molecule is Cc1cc(C)c(C2C(=O)CC(CC(=O)CCC3CSC3)C2=O)c(C)c1. The fourth-order valence-corrected chi connectivity index (χ4v) is 5.07. The zero-order valence-electron chi connectivity index (χ0n) is 15.3. The fourth-order valence-electron chi connectivity index (χ4n) is 4.17. The van der Waals surface area contributed by atoms with E-state index >= 15 is 0 Å². The smallest absolute Gasteiger partial charge is 0.151 e. The van der Waals surface area contributed by atoms with Crippen LogP contribution in [-0.2, 0) is 14.4 Å². The molecule has 134 valence electrons. The Hall–Kier alpha value is -1.42. The molecule has 1 aromatic rings. The molecule has 1 aliphatic heterocycles. The van der Waals surface area contributed by atoms with E-state index in [2.05, 4.69) is 0 Å². The molecule has 0 bridgehead atoms. The van der Waals surface area contributed by atoms with Crippen LogP contribution in [0, 0.1) is 32.6 Å². The number of aryl methyl sites for hydroxylation is 3. The Labute approximate surface area is 154 Å². The van der Waals surface area contributed by atoms with Gasteiger partial charge in [0.05, 0.1) is 0 Å². The molecular weight excluding hydrogens is 332 g/mol. The van der Waals surface area contributed by atoms with E-state index in [1.54, 1.807) is 0 Å². The second-order valence-corrected chi connectivity index (χ2v) is 8.78. The Balaban J connectivity index is 1.69. The lowest BCUT2D eigenvalue weighted by Gasteiger charge is -2.24. The maximum absolute atomic E-state index is 12.9. The van der Waals surface area contributed by atoms with Crippen molar-refractivity contribution < 1.29 is 14.4 Å². The van der Waals surface area contributed by atoms with Gasteiger partial charge >= 0.3 is 0 Å². The van der Waals surface area contributed by atoms with Crippen molar-refractivity contribution in [3.63, 3.8) is 0 Å². The molecule has 0 N–H and O–H groups in total. The van der Waals surface area contributed by atoms with Crippen molar-refractivity contribution in [3.05, 3.63) is 34.4 Å². The van der Waals surface area contributed by atoms with E-state index in [1.807, 2.05) is 44.7 Å². The summed E-state index contributed by atoms with van der Waals surface area (Å²) in [6.45, 7) is 5.94. The summed E-state index contributed by atoms with van der Waals surface area (Å²) < 4.78 is 0. The first-order valence-electron chi connectivity index (χ1n) is 9.10. The molecule has 1 saturated carbocycles. The van der Waals surface area contributed by atoms with Crippen molar-refractivity contribution in [1.82, 2.24) is 0 Å². The van der Waals surface area contributed by atoms with Crippen LogP contribution in [0.2, 0.25) is 0 Å². The van der Waals surface area contributed by atoms with Gasteiger partial charge < -0.3 is 0 Å². The third kappa shape index (κ3) is 3.89. The normalized spacial score (nSPS) is 23.8. The lowest BCUT2D eigenvalue weighted by Crippen LogP contribution is -2.21. The molecular formula is C21H26O3S. The first kappa shape index (κ1) is 18.4. The molecule has 0 spiro atoms. The van der Waals surface area contributed by atoms with Gasteiger partial charge in [0.15, 0.2) is 5.78 Å². The average molecular weight is 359 g/mol. The first-order chi connectivity index (χ1) is 11.9. The largest absolute Gasteiger partial charge is 0.300 e.